The fraction of sp³-hybridized carbons (Fsp3) is 0.467. The van der Waals surface area contributed by atoms with Crippen molar-refractivity contribution in [2.75, 3.05) is 5.32 Å². The van der Waals surface area contributed by atoms with Crippen molar-refractivity contribution in [1.82, 2.24) is 9.97 Å². The molecule has 2 aromatic rings. The largest absolute Gasteiger partial charge is 0.366 e. The molecular weight excluding hydrogens is 222 g/mol. The second kappa shape index (κ2) is 4.56. The average Bonchev–Trinajstić information content (AvgIpc) is 2.27. The summed E-state index contributed by atoms with van der Waals surface area (Å²) in [6.45, 7) is 4.27. The number of aryl methyl sites for hydroxylation is 1. The van der Waals surface area contributed by atoms with E-state index in [9.17, 15) is 0 Å². The van der Waals surface area contributed by atoms with E-state index in [0.717, 1.165) is 28.5 Å². The SMILES string of the molecule is Cc1nc2ccccc2nc1NC(C)C1CCC1. The number of nitrogens with one attached hydrogen (secondary N) is 1. The van der Waals surface area contributed by atoms with Crippen LogP contribution in [0.1, 0.15) is 31.9 Å². The molecule has 1 aromatic carbocycles. The third kappa shape index (κ3) is 2.05. The van der Waals surface area contributed by atoms with Crippen molar-refractivity contribution >= 4 is 16.9 Å². The third-order valence-corrected chi connectivity index (χ3v) is 3.97. The summed E-state index contributed by atoms with van der Waals surface area (Å²) in [7, 11) is 0. The van der Waals surface area contributed by atoms with E-state index in [1.807, 2.05) is 31.2 Å². The molecule has 0 amide bonds. The van der Waals surface area contributed by atoms with Crippen LogP contribution in [0.5, 0.6) is 0 Å². The van der Waals surface area contributed by atoms with Crippen LogP contribution in [0, 0.1) is 12.8 Å². The molecule has 1 aliphatic carbocycles. The first-order valence-corrected chi connectivity index (χ1v) is 6.74. The molecule has 1 aliphatic rings. The van der Waals surface area contributed by atoms with Gasteiger partial charge in [-0.3, -0.25) is 0 Å². The maximum absolute atomic E-state index is 4.68. The first-order valence-electron chi connectivity index (χ1n) is 6.74. The van der Waals surface area contributed by atoms with Gasteiger partial charge in [-0.15, -0.1) is 0 Å². The predicted octanol–water partition coefficient (Wildman–Crippen LogP) is 3.54. The quantitative estimate of drug-likeness (QED) is 0.893. The Hall–Kier alpha value is -1.64. The van der Waals surface area contributed by atoms with Crippen LogP contribution in [0.3, 0.4) is 0 Å². The number of hydrogen-bond acceptors (Lipinski definition) is 3. The second-order valence-corrected chi connectivity index (χ2v) is 5.27. The van der Waals surface area contributed by atoms with Gasteiger partial charge in [0.25, 0.3) is 0 Å². The Morgan fingerprint density at radius 3 is 2.44 bits per heavy atom. The van der Waals surface area contributed by atoms with Gasteiger partial charge in [0.1, 0.15) is 5.82 Å². The van der Waals surface area contributed by atoms with Crippen LogP contribution in [-0.4, -0.2) is 16.0 Å². The number of fused-ring (bicyclic) bond motifs is 1. The summed E-state index contributed by atoms with van der Waals surface area (Å²) in [5.74, 6) is 1.74. The van der Waals surface area contributed by atoms with Crippen molar-refractivity contribution in [3.05, 3.63) is 30.0 Å². The minimum atomic E-state index is 0.493. The topological polar surface area (TPSA) is 37.8 Å². The van der Waals surface area contributed by atoms with Gasteiger partial charge in [-0.1, -0.05) is 18.6 Å². The van der Waals surface area contributed by atoms with Gasteiger partial charge in [-0.25, -0.2) is 9.97 Å². The van der Waals surface area contributed by atoms with Gasteiger partial charge < -0.3 is 5.32 Å². The normalized spacial score (nSPS) is 17.4. The number of para-hydroxylation sites is 2. The summed E-state index contributed by atoms with van der Waals surface area (Å²) in [5.41, 5.74) is 2.92. The lowest BCUT2D eigenvalue weighted by Crippen LogP contribution is -2.31. The Labute approximate surface area is 108 Å². The number of rotatable bonds is 3. The van der Waals surface area contributed by atoms with Gasteiger partial charge in [0.05, 0.1) is 16.7 Å². The second-order valence-electron chi connectivity index (χ2n) is 5.27. The molecule has 0 aliphatic heterocycles. The molecule has 1 heterocycles. The Kier molecular flexibility index (Phi) is 2.90. The minimum absolute atomic E-state index is 0.493. The molecule has 1 unspecified atom stereocenters. The van der Waals surface area contributed by atoms with Gasteiger partial charge in [0.15, 0.2) is 0 Å². The highest BCUT2D eigenvalue weighted by Crippen LogP contribution is 2.31. The third-order valence-electron chi connectivity index (χ3n) is 3.97. The number of anilines is 1. The fourth-order valence-electron chi connectivity index (χ4n) is 2.50. The smallest absolute Gasteiger partial charge is 0.148 e. The fourth-order valence-corrected chi connectivity index (χ4v) is 2.50. The van der Waals surface area contributed by atoms with Crippen LogP contribution in [0.25, 0.3) is 11.0 Å². The van der Waals surface area contributed by atoms with Crippen molar-refractivity contribution < 1.29 is 0 Å². The Bertz CT molecular complexity index is 561. The van der Waals surface area contributed by atoms with Gasteiger partial charge in [0.2, 0.25) is 0 Å². The van der Waals surface area contributed by atoms with E-state index in [2.05, 4.69) is 22.2 Å². The van der Waals surface area contributed by atoms with Crippen LogP contribution in [0.2, 0.25) is 0 Å². The summed E-state index contributed by atoms with van der Waals surface area (Å²) in [6, 6.07) is 8.52. The lowest BCUT2D eigenvalue weighted by atomic mass is 9.80. The van der Waals surface area contributed by atoms with Crippen LogP contribution < -0.4 is 5.32 Å². The molecule has 18 heavy (non-hydrogen) atoms. The van der Waals surface area contributed by atoms with Gasteiger partial charge in [0, 0.05) is 6.04 Å². The van der Waals surface area contributed by atoms with E-state index in [1.165, 1.54) is 19.3 Å². The van der Waals surface area contributed by atoms with E-state index in [0.29, 0.717) is 6.04 Å². The van der Waals surface area contributed by atoms with E-state index < -0.39 is 0 Å². The molecule has 3 rings (SSSR count). The van der Waals surface area contributed by atoms with Gasteiger partial charge in [-0.2, -0.15) is 0 Å². The summed E-state index contributed by atoms with van der Waals surface area (Å²) in [6.07, 6.45) is 4.06. The Morgan fingerprint density at radius 2 is 1.83 bits per heavy atom. The average molecular weight is 241 g/mol. The molecule has 3 heteroatoms. The van der Waals surface area contributed by atoms with Gasteiger partial charge >= 0.3 is 0 Å². The maximum Gasteiger partial charge on any atom is 0.148 e. The molecule has 0 saturated heterocycles. The monoisotopic (exact) mass is 241 g/mol. The molecular formula is C15H19N3. The lowest BCUT2D eigenvalue weighted by Gasteiger charge is -2.32. The van der Waals surface area contributed by atoms with Crippen LogP contribution in [0.4, 0.5) is 5.82 Å². The first-order chi connectivity index (χ1) is 8.74. The maximum atomic E-state index is 4.68. The highest BCUT2D eigenvalue weighted by atomic mass is 15.0. The first kappa shape index (κ1) is 11.5. The summed E-state index contributed by atoms with van der Waals surface area (Å²) >= 11 is 0. The number of aromatic nitrogens is 2. The Balaban J connectivity index is 1.88. The van der Waals surface area contributed by atoms with Crippen molar-refractivity contribution in [3.8, 4) is 0 Å². The lowest BCUT2D eigenvalue weighted by molar-refractivity contribution is 0.285. The predicted molar refractivity (Wildman–Crippen MR) is 74.7 cm³/mol. The van der Waals surface area contributed by atoms with Crippen LogP contribution in [-0.2, 0) is 0 Å². The zero-order chi connectivity index (χ0) is 12.5. The zero-order valence-corrected chi connectivity index (χ0v) is 11.0. The van der Waals surface area contributed by atoms with Crippen LogP contribution >= 0.6 is 0 Å². The van der Waals surface area contributed by atoms with E-state index >= 15 is 0 Å². The minimum Gasteiger partial charge on any atom is -0.366 e. The van der Waals surface area contributed by atoms with E-state index in [1.54, 1.807) is 0 Å². The van der Waals surface area contributed by atoms with E-state index in [-0.39, 0.29) is 0 Å². The molecule has 1 aromatic heterocycles. The molecule has 0 bridgehead atoms. The summed E-state index contributed by atoms with van der Waals surface area (Å²) in [4.78, 5) is 9.29. The van der Waals surface area contributed by atoms with Gasteiger partial charge in [-0.05, 0) is 44.7 Å². The van der Waals surface area contributed by atoms with Crippen molar-refractivity contribution in [2.24, 2.45) is 5.92 Å². The summed E-state index contributed by atoms with van der Waals surface area (Å²) in [5, 5.41) is 3.53. The molecule has 1 saturated carbocycles. The number of nitrogens with zero attached hydrogens (tertiary/aromatic N) is 2. The zero-order valence-electron chi connectivity index (χ0n) is 11.0. The molecule has 3 nitrogen and oxygen atoms in total. The van der Waals surface area contributed by atoms with Crippen molar-refractivity contribution in [2.45, 2.75) is 39.2 Å². The molecule has 94 valence electrons. The van der Waals surface area contributed by atoms with E-state index in [4.69, 9.17) is 0 Å². The molecule has 0 spiro atoms. The van der Waals surface area contributed by atoms with Crippen molar-refractivity contribution in [1.29, 1.82) is 0 Å². The van der Waals surface area contributed by atoms with Crippen LogP contribution in [0.15, 0.2) is 24.3 Å². The highest BCUT2D eigenvalue weighted by molar-refractivity contribution is 5.76. The number of benzene rings is 1. The highest BCUT2D eigenvalue weighted by Gasteiger charge is 2.24. The molecule has 0 radical (unpaired) electrons. The standard InChI is InChI=1S/C15H19N3/c1-10(12-6-5-7-12)17-15-11(2)16-13-8-3-4-9-14(13)18-15/h3-4,8-10,12H,5-7H2,1-2H3,(H,17,18). The molecule has 1 N–H and O–H groups in total. The number of hydrogen-bond donors (Lipinski definition) is 1. The molecule has 1 fully saturated rings. The molecule has 1 atom stereocenters. The summed E-state index contributed by atoms with van der Waals surface area (Å²) < 4.78 is 0. The Morgan fingerprint density at radius 1 is 1.17 bits per heavy atom. The van der Waals surface area contributed by atoms with Crippen molar-refractivity contribution in [3.63, 3.8) is 0 Å².